The Morgan fingerprint density at radius 2 is 0.812 bits per heavy atom. The van der Waals surface area contributed by atoms with Crippen molar-refractivity contribution in [3.8, 4) is 0 Å². The summed E-state index contributed by atoms with van der Waals surface area (Å²) in [4.78, 5) is 37.3. The number of carbonyl (C=O) groups excluding carboxylic acids is 3. The Bertz CT molecular complexity index is 830. The molecule has 0 aromatic heterocycles. The highest BCUT2D eigenvalue weighted by Gasteiger charge is 2.19. The summed E-state index contributed by atoms with van der Waals surface area (Å²) < 4.78 is 16.5. The van der Waals surface area contributed by atoms with Crippen LogP contribution >= 0.6 is 0 Å². The van der Waals surface area contributed by atoms with Gasteiger partial charge >= 0.3 is 17.9 Å². The normalized spacial score (nSPS) is 12.3. The molecule has 0 radical (unpaired) electrons. The number of ether oxygens (including phenoxy) is 3. The number of hydrogen-bond donors (Lipinski definition) is 0. The molecule has 1 unspecified atom stereocenters. The highest BCUT2D eigenvalue weighted by atomic mass is 16.6. The fraction of sp³-hybridized carbons (Fsp3) is 0.786. The van der Waals surface area contributed by atoms with Crippen molar-refractivity contribution in [2.24, 2.45) is 0 Å². The molecule has 0 aliphatic rings. The fourth-order valence-corrected chi connectivity index (χ4v) is 5.28. The van der Waals surface area contributed by atoms with E-state index in [2.05, 4.69) is 57.2 Å². The lowest BCUT2D eigenvalue weighted by Gasteiger charge is -2.18. The van der Waals surface area contributed by atoms with Gasteiger partial charge in [-0.2, -0.15) is 0 Å². The average molecular weight is 675 g/mol. The zero-order valence-electron chi connectivity index (χ0n) is 31.5. The molecule has 0 heterocycles. The summed E-state index contributed by atoms with van der Waals surface area (Å²) in [5.74, 6) is -0.921. The van der Waals surface area contributed by atoms with Crippen LogP contribution in [0.15, 0.2) is 36.5 Å². The number of hydrogen-bond acceptors (Lipinski definition) is 6. The van der Waals surface area contributed by atoms with Crippen molar-refractivity contribution in [2.45, 2.75) is 200 Å². The predicted octanol–water partition coefficient (Wildman–Crippen LogP) is 12.2. The summed E-state index contributed by atoms with van der Waals surface area (Å²) in [5, 5.41) is 0. The SMILES string of the molecule is CCC/C=C\C/C=C\CCCCCCCC(=O)OCC(COC(=O)CCCCCCCC)OC(=O)CCCCCCC/C=C\CCCC. The van der Waals surface area contributed by atoms with E-state index in [-0.39, 0.29) is 31.1 Å². The lowest BCUT2D eigenvalue weighted by Crippen LogP contribution is -2.30. The Morgan fingerprint density at radius 1 is 0.417 bits per heavy atom. The highest BCUT2D eigenvalue weighted by Crippen LogP contribution is 2.12. The van der Waals surface area contributed by atoms with Crippen molar-refractivity contribution in [2.75, 3.05) is 13.2 Å². The van der Waals surface area contributed by atoms with Crippen LogP contribution in [0.2, 0.25) is 0 Å². The third-order valence-corrected chi connectivity index (χ3v) is 8.35. The van der Waals surface area contributed by atoms with Crippen LogP contribution < -0.4 is 0 Å². The van der Waals surface area contributed by atoms with Gasteiger partial charge in [0.2, 0.25) is 0 Å². The third-order valence-electron chi connectivity index (χ3n) is 8.35. The molecule has 0 spiro atoms. The lowest BCUT2D eigenvalue weighted by molar-refractivity contribution is -0.167. The quantitative estimate of drug-likeness (QED) is 0.0288. The minimum atomic E-state index is -0.773. The molecule has 0 aromatic rings. The van der Waals surface area contributed by atoms with Crippen molar-refractivity contribution in [3.63, 3.8) is 0 Å². The van der Waals surface area contributed by atoms with E-state index >= 15 is 0 Å². The maximum absolute atomic E-state index is 12.6. The van der Waals surface area contributed by atoms with Gasteiger partial charge in [0.1, 0.15) is 13.2 Å². The van der Waals surface area contributed by atoms with E-state index in [1.807, 2.05) is 0 Å². The van der Waals surface area contributed by atoms with Crippen molar-refractivity contribution >= 4 is 17.9 Å². The van der Waals surface area contributed by atoms with E-state index in [0.717, 1.165) is 96.3 Å². The molecule has 278 valence electrons. The molecule has 6 nitrogen and oxygen atoms in total. The van der Waals surface area contributed by atoms with Crippen LogP contribution in [-0.4, -0.2) is 37.2 Å². The molecule has 48 heavy (non-hydrogen) atoms. The Kier molecular flexibility index (Phi) is 35.6. The topological polar surface area (TPSA) is 78.9 Å². The molecular formula is C42H74O6. The van der Waals surface area contributed by atoms with E-state index in [1.165, 1.54) is 57.8 Å². The van der Waals surface area contributed by atoms with E-state index in [1.54, 1.807) is 0 Å². The summed E-state index contributed by atoms with van der Waals surface area (Å²) in [5.41, 5.74) is 0. The first-order valence-corrected chi connectivity index (χ1v) is 20.0. The summed E-state index contributed by atoms with van der Waals surface area (Å²) in [6, 6.07) is 0. The molecule has 0 fully saturated rings. The van der Waals surface area contributed by atoms with Gasteiger partial charge in [0, 0.05) is 19.3 Å². The monoisotopic (exact) mass is 675 g/mol. The van der Waals surface area contributed by atoms with E-state index in [9.17, 15) is 14.4 Å². The molecule has 0 bridgehead atoms. The number of esters is 3. The molecule has 0 saturated heterocycles. The first kappa shape index (κ1) is 45.6. The Morgan fingerprint density at radius 3 is 1.31 bits per heavy atom. The van der Waals surface area contributed by atoms with Crippen LogP contribution in [-0.2, 0) is 28.6 Å². The Hall–Kier alpha value is -2.37. The van der Waals surface area contributed by atoms with Crippen LogP contribution in [0, 0.1) is 0 Å². The number of unbranched alkanes of at least 4 members (excludes halogenated alkanes) is 18. The maximum Gasteiger partial charge on any atom is 0.306 e. The van der Waals surface area contributed by atoms with Gasteiger partial charge in [-0.3, -0.25) is 14.4 Å². The average Bonchev–Trinajstić information content (AvgIpc) is 3.08. The zero-order valence-corrected chi connectivity index (χ0v) is 31.5. The van der Waals surface area contributed by atoms with E-state index in [0.29, 0.717) is 19.3 Å². The number of carbonyl (C=O) groups is 3. The van der Waals surface area contributed by atoms with Crippen molar-refractivity contribution < 1.29 is 28.6 Å². The standard InChI is InChI=1S/C42H74O6/c1-4-7-10-13-16-18-20-21-23-24-26-29-32-35-41(44)47-38-39(37-46-40(43)34-31-28-15-12-9-6-3)48-42(45)36-33-30-27-25-22-19-17-14-11-8-5-2/h10,13-14,17-18,20,39H,4-9,11-12,15-16,19,21-38H2,1-3H3/b13-10-,17-14-,20-18-. The molecule has 0 aliphatic heterocycles. The zero-order chi connectivity index (χ0) is 35.2. The molecular weight excluding hydrogens is 600 g/mol. The minimum Gasteiger partial charge on any atom is -0.462 e. The van der Waals surface area contributed by atoms with E-state index in [4.69, 9.17) is 14.2 Å². The molecule has 0 aromatic carbocycles. The Balaban J connectivity index is 4.35. The molecule has 0 rings (SSSR count). The van der Waals surface area contributed by atoms with Gasteiger partial charge in [-0.25, -0.2) is 0 Å². The number of rotatable bonds is 35. The fourth-order valence-electron chi connectivity index (χ4n) is 5.28. The summed E-state index contributed by atoms with van der Waals surface area (Å²) >= 11 is 0. The first-order valence-electron chi connectivity index (χ1n) is 20.0. The second-order valence-corrected chi connectivity index (χ2v) is 13.2. The predicted molar refractivity (Wildman–Crippen MR) is 201 cm³/mol. The molecule has 0 aliphatic carbocycles. The Labute approximate surface area is 295 Å². The van der Waals surface area contributed by atoms with Gasteiger partial charge in [-0.1, -0.05) is 147 Å². The summed E-state index contributed by atoms with van der Waals surface area (Å²) in [6.07, 6.45) is 40.0. The largest absolute Gasteiger partial charge is 0.462 e. The molecule has 0 N–H and O–H groups in total. The maximum atomic E-state index is 12.6. The van der Waals surface area contributed by atoms with Crippen LogP contribution in [0.4, 0.5) is 0 Å². The second kappa shape index (κ2) is 37.4. The lowest BCUT2D eigenvalue weighted by atomic mass is 10.1. The van der Waals surface area contributed by atoms with Gasteiger partial charge in [-0.15, -0.1) is 0 Å². The minimum absolute atomic E-state index is 0.0804. The highest BCUT2D eigenvalue weighted by molar-refractivity contribution is 5.71. The third kappa shape index (κ3) is 35.0. The smallest absolute Gasteiger partial charge is 0.306 e. The van der Waals surface area contributed by atoms with Crippen LogP contribution in [0.1, 0.15) is 194 Å². The molecule has 1 atom stereocenters. The van der Waals surface area contributed by atoms with Crippen molar-refractivity contribution in [1.82, 2.24) is 0 Å². The second-order valence-electron chi connectivity index (χ2n) is 13.2. The summed E-state index contributed by atoms with van der Waals surface area (Å²) in [7, 11) is 0. The van der Waals surface area contributed by atoms with Crippen molar-refractivity contribution in [3.05, 3.63) is 36.5 Å². The molecule has 0 amide bonds. The first-order chi connectivity index (χ1) is 23.5. The van der Waals surface area contributed by atoms with E-state index < -0.39 is 6.10 Å². The van der Waals surface area contributed by atoms with Crippen LogP contribution in [0.3, 0.4) is 0 Å². The van der Waals surface area contributed by atoms with Gasteiger partial charge in [0.25, 0.3) is 0 Å². The van der Waals surface area contributed by atoms with Crippen LogP contribution in [0.5, 0.6) is 0 Å². The van der Waals surface area contributed by atoms with Crippen molar-refractivity contribution in [1.29, 1.82) is 0 Å². The summed E-state index contributed by atoms with van der Waals surface area (Å²) in [6.45, 7) is 6.43. The van der Waals surface area contributed by atoms with Crippen LogP contribution in [0.25, 0.3) is 0 Å². The van der Waals surface area contributed by atoms with Gasteiger partial charge in [0.15, 0.2) is 6.10 Å². The van der Waals surface area contributed by atoms with Gasteiger partial charge < -0.3 is 14.2 Å². The molecule has 6 heteroatoms. The van der Waals surface area contributed by atoms with Gasteiger partial charge in [-0.05, 0) is 64.2 Å². The number of allylic oxidation sites excluding steroid dienone is 6. The molecule has 0 saturated carbocycles. The van der Waals surface area contributed by atoms with Gasteiger partial charge in [0.05, 0.1) is 0 Å².